The van der Waals surface area contributed by atoms with Crippen LogP contribution in [-0.2, 0) is 12.8 Å². The number of alkyl halides is 1. The molecule has 1 aromatic rings. The lowest BCUT2D eigenvalue weighted by Gasteiger charge is -2.10. The zero-order valence-electron chi connectivity index (χ0n) is 10.1. The Morgan fingerprint density at radius 1 is 1.53 bits per heavy atom. The Bertz CT molecular complexity index is 379. The van der Waals surface area contributed by atoms with Gasteiger partial charge < -0.3 is 5.32 Å². The molecule has 1 unspecified atom stereocenters. The summed E-state index contributed by atoms with van der Waals surface area (Å²) in [6, 6.07) is 2.33. The Kier molecular flexibility index (Phi) is 4.62. The molecule has 1 atom stereocenters. The fraction of sp³-hybridized carbons (Fsp3) is 0.615. The van der Waals surface area contributed by atoms with E-state index in [1.807, 2.05) is 6.92 Å². The molecule has 1 aromatic heterocycles. The summed E-state index contributed by atoms with van der Waals surface area (Å²) in [4.78, 5) is 14.3. The SMILES string of the molecule is CC(CCBr)NC(=O)c1cc2c(s1)CCCC2. The monoisotopic (exact) mass is 315 g/mol. The van der Waals surface area contributed by atoms with Crippen molar-refractivity contribution >= 4 is 33.2 Å². The summed E-state index contributed by atoms with van der Waals surface area (Å²) in [5, 5.41) is 3.97. The second-order valence-electron chi connectivity index (χ2n) is 4.62. The van der Waals surface area contributed by atoms with Gasteiger partial charge in [-0.2, -0.15) is 0 Å². The smallest absolute Gasteiger partial charge is 0.261 e. The van der Waals surface area contributed by atoms with Crippen molar-refractivity contribution < 1.29 is 4.79 Å². The minimum Gasteiger partial charge on any atom is -0.349 e. The summed E-state index contributed by atoms with van der Waals surface area (Å²) >= 11 is 5.07. The lowest BCUT2D eigenvalue weighted by Crippen LogP contribution is -2.32. The van der Waals surface area contributed by atoms with Crippen molar-refractivity contribution in [3.8, 4) is 0 Å². The van der Waals surface area contributed by atoms with E-state index >= 15 is 0 Å². The van der Waals surface area contributed by atoms with Gasteiger partial charge in [-0.1, -0.05) is 15.9 Å². The first kappa shape index (κ1) is 13.1. The van der Waals surface area contributed by atoms with Crippen molar-refractivity contribution in [1.82, 2.24) is 5.32 Å². The Morgan fingerprint density at radius 3 is 3.00 bits per heavy atom. The Labute approximate surface area is 115 Å². The molecule has 0 saturated heterocycles. The summed E-state index contributed by atoms with van der Waals surface area (Å²) in [6.07, 6.45) is 5.82. The van der Waals surface area contributed by atoms with Crippen LogP contribution in [-0.4, -0.2) is 17.3 Å². The van der Waals surface area contributed by atoms with E-state index in [0.717, 1.165) is 29.5 Å². The van der Waals surface area contributed by atoms with Crippen LogP contribution in [0.15, 0.2) is 6.07 Å². The van der Waals surface area contributed by atoms with Crippen LogP contribution < -0.4 is 5.32 Å². The summed E-state index contributed by atoms with van der Waals surface area (Å²) in [6.45, 7) is 2.05. The van der Waals surface area contributed by atoms with Crippen LogP contribution in [0.1, 0.15) is 46.3 Å². The predicted octanol–water partition coefficient (Wildman–Crippen LogP) is 3.53. The van der Waals surface area contributed by atoms with Crippen LogP contribution >= 0.6 is 27.3 Å². The largest absolute Gasteiger partial charge is 0.349 e. The first-order chi connectivity index (χ1) is 8.20. The number of carbonyl (C=O) groups excluding carboxylic acids is 1. The van der Waals surface area contributed by atoms with Gasteiger partial charge in [0.2, 0.25) is 0 Å². The molecule has 0 bridgehead atoms. The number of halogens is 1. The van der Waals surface area contributed by atoms with Crippen LogP contribution in [0.3, 0.4) is 0 Å². The zero-order chi connectivity index (χ0) is 12.3. The average Bonchev–Trinajstić information content (AvgIpc) is 2.72. The highest BCUT2D eigenvalue weighted by molar-refractivity contribution is 9.09. The molecule has 0 aliphatic heterocycles. The number of fused-ring (bicyclic) bond motifs is 1. The van der Waals surface area contributed by atoms with Crippen molar-refractivity contribution in [2.75, 3.05) is 5.33 Å². The second kappa shape index (κ2) is 6.01. The predicted molar refractivity (Wildman–Crippen MR) is 76.3 cm³/mol. The van der Waals surface area contributed by atoms with Crippen molar-refractivity contribution in [3.05, 3.63) is 21.4 Å². The van der Waals surface area contributed by atoms with Gasteiger partial charge in [0.05, 0.1) is 4.88 Å². The van der Waals surface area contributed by atoms with Crippen molar-refractivity contribution in [2.24, 2.45) is 0 Å². The quantitative estimate of drug-likeness (QED) is 0.846. The van der Waals surface area contributed by atoms with E-state index in [4.69, 9.17) is 0 Å². The van der Waals surface area contributed by atoms with Crippen LogP contribution in [0.4, 0.5) is 0 Å². The fourth-order valence-electron chi connectivity index (χ4n) is 2.13. The van der Waals surface area contributed by atoms with Crippen molar-refractivity contribution in [2.45, 2.75) is 45.1 Å². The molecular weight excluding hydrogens is 298 g/mol. The highest BCUT2D eigenvalue weighted by Gasteiger charge is 2.17. The van der Waals surface area contributed by atoms with Crippen molar-refractivity contribution in [1.29, 1.82) is 0 Å². The average molecular weight is 316 g/mol. The number of carbonyl (C=O) groups is 1. The van der Waals surface area contributed by atoms with Crippen molar-refractivity contribution in [3.63, 3.8) is 0 Å². The highest BCUT2D eigenvalue weighted by atomic mass is 79.9. The molecular formula is C13H18BrNOS. The van der Waals surface area contributed by atoms with Gasteiger partial charge in [-0.05, 0) is 50.7 Å². The first-order valence-electron chi connectivity index (χ1n) is 6.19. The van der Waals surface area contributed by atoms with Gasteiger partial charge in [-0.3, -0.25) is 4.79 Å². The van der Waals surface area contributed by atoms with Crippen LogP contribution in [0, 0.1) is 0 Å². The lowest BCUT2D eigenvalue weighted by atomic mass is 9.99. The molecule has 1 amide bonds. The van der Waals surface area contributed by atoms with E-state index in [9.17, 15) is 4.79 Å². The minimum atomic E-state index is 0.0952. The molecule has 0 saturated carbocycles. The van der Waals surface area contributed by atoms with Gasteiger partial charge in [0.25, 0.3) is 5.91 Å². The van der Waals surface area contributed by atoms with Gasteiger partial charge in [0.15, 0.2) is 0 Å². The molecule has 1 N–H and O–H groups in total. The maximum atomic E-state index is 12.0. The normalized spacial score (nSPS) is 16.4. The van der Waals surface area contributed by atoms with Gasteiger partial charge in [0, 0.05) is 16.2 Å². The highest BCUT2D eigenvalue weighted by Crippen LogP contribution is 2.29. The van der Waals surface area contributed by atoms with Gasteiger partial charge >= 0.3 is 0 Å². The maximum Gasteiger partial charge on any atom is 0.261 e. The molecule has 2 nitrogen and oxygen atoms in total. The first-order valence-corrected chi connectivity index (χ1v) is 8.13. The standard InChI is InChI=1S/C13H18BrNOS/c1-9(6-7-14)15-13(16)12-8-10-4-2-3-5-11(10)17-12/h8-9H,2-7H2,1H3,(H,15,16). The van der Waals surface area contributed by atoms with Gasteiger partial charge in [-0.15, -0.1) is 11.3 Å². The molecule has 0 fully saturated rings. The molecule has 1 aliphatic rings. The van der Waals surface area contributed by atoms with E-state index in [-0.39, 0.29) is 11.9 Å². The van der Waals surface area contributed by atoms with E-state index in [1.54, 1.807) is 11.3 Å². The minimum absolute atomic E-state index is 0.0952. The Hall–Kier alpha value is -0.350. The Morgan fingerprint density at radius 2 is 2.29 bits per heavy atom. The molecule has 17 heavy (non-hydrogen) atoms. The fourth-order valence-corrected chi connectivity index (χ4v) is 3.98. The van der Waals surface area contributed by atoms with E-state index in [2.05, 4.69) is 27.3 Å². The molecule has 0 radical (unpaired) electrons. The molecule has 0 spiro atoms. The Balaban J connectivity index is 2.01. The number of amides is 1. The summed E-state index contributed by atoms with van der Waals surface area (Å²) in [5.74, 6) is 0.0952. The zero-order valence-corrected chi connectivity index (χ0v) is 12.5. The molecule has 0 aromatic carbocycles. The van der Waals surface area contributed by atoms with Gasteiger partial charge in [-0.25, -0.2) is 0 Å². The molecule has 94 valence electrons. The second-order valence-corrected chi connectivity index (χ2v) is 6.55. The summed E-state index contributed by atoms with van der Waals surface area (Å²) in [7, 11) is 0. The topological polar surface area (TPSA) is 29.1 Å². The third kappa shape index (κ3) is 3.32. The summed E-state index contributed by atoms with van der Waals surface area (Å²) < 4.78 is 0. The maximum absolute atomic E-state index is 12.0. The van der Waals surface area contributed by atoms with Crippen LogP contribution in [0.25, 0.3) is 0 Å². The third-order valence-electron chi connectivity index (χ3n) is 3.14. The molecule has 2 rings (SSSR count). The lowest BCUT2D eigenvalue weighted by molar-refractivity contribution is 0.0943. The number of hydrogen-bond acceptors (Lipinski definition) is 2. The number of rotatable bonds is 4. The number of nitrogens with one attached hydrogen (secondary N) is 1. The molecule has 1 heterocycles. The van der Waals surface area contributed by atoms with Gasteiger partial charge in [0.1, 0.15) is 0 Å². The van der Waals surface area contributed by atoms with Crippen LogP contribution in [0.5, 0.6) is 0 Å². The van der Waals surface area contributed by atoms with Crippen LogP contribution in [0.2, 0.25) is 0 Å². The third-order valence-corrected chi connectivity index (χ3v) is 4.83. The molecule has 4 heteroatoms. The number of hydrogen-bond donors (Lipinski definition) is 1. The number of aryl methyl sites for hydroxylation is 2. The molecule has 1 aliphatic carbocycles. The van der Waals surface area contributed by atoms with E-state index in [0.29, 0.717) is 0 Å². The summed E-state index contributed by atoms with van der Waals surface area (Å²) in [5.41, 5.74) is 1.40. The van der Waals surface area contributed by atoms with E-state index < -0.39 is 0 Å². The number of thiophene rings is 1. The van der Waals surface area contributed by atoms with E-state index in [1.165, 1.54) is 23.3 Å².